The molecule has 0 saturated carbocycles. The Hall–Kier alpha value is -2.87. The van der Waals surface area contributed by atoms with Gasteiger partial charge in [0, 0.05) is 18.7 Å². The molecular weight excluding hydrogens is 433 g/mol. The first-order valence-corrected chi connectivity index (χ1v) is 11.3. The van der Waals surface area contributed by atoms with E-state index in [1.54, 1.807) is 0 Å². The van der Waals surface area contributed by atoms with Gasteiger partial charge >= 0.3 is 6.18 Å². The predicted octanol–water partition coefficient (Wildman–Crippen LogP) is 5.35. The van der Waals surface area contributed by atoms with E-state index in [2.05, 4.69) is 10.1 Å². The maximum atomic E-state index is 12.7. The van der Waals surface area contributed by atoms with Crippen LogP contribution >= 0.6 is 0 Å². The highest BCUT2D eigenvalue weighted by Gasteiger charge is 2.30. The zero-order valence-electron chi connectivity index (χ0n) is 18.3. The molecule has 0 bridgehead atoms. The van der Waals surface area contributed by atoms with E-state index in [1.807, 2.05) is 18.2 Å². The van der Waals surface area contributed by atoms with Crippen molar-refractivity contribution in [3.8, 4) is 5.75 Å². The number of halogens is 3. The minimum absolute atomic E-state index is 0.0923. The monoisotopic (exact) mass is 460 g/mol. The van der Waals surface area contributed by atoms with E-state index in [1.165, 1.54) is 18.6 Å². The second kappa shape index (κ2) is 10.4. The summed E-state index contributed by atoms with van der Waals surface area (Å²) in [7, 11) is 0. The number of benzene rings is 2. The van der Waals surface area contributed by atoms with E-state index in [4.69, 9.17) is 9.57 Å². The smallest absolute Gasteiger partial charge is 0.416 e. The van der Waals surface area contributed by atoms with Crippen LogP contribution in [0.4, 0.5) is 13.2 Å². The molecule has 0 aromatic heterocycles. The molecular formula is C25H27F3N2O3. The lowest BCUT2D eigenvalue weighted by atomic mass is 9.90. The Bertz CT molecular complexity index is 983. The van der Waals surface area contributed by atoms with Crippen molar-refractivity contribution in [2.24, 2.45) is 5.16 Å². The average molecular weight is 460 g/mol. The fraction of sp³-hybridized carbons (Fsp3) is 0.440. The van der Waals surface area contributed by atoms with Crippen molar-refractivity contribution in [3.63, 3.8) is 0 Å². The van der Waals surface area contributed by atoms with Gasteiger partial charge in [-0.2, -0.15) is 13.2 Å². The number of alkyl halides is 3. The molecule has 1 aliphatic heterocycles. The van der Waals surface area contributed by atoms with Gasteiger partial charge in [-0.15, -0.1) is 0 Å². The third-order valence-corrected chi connectivity index (χ3v) is 6.06. The topological polar surface area (TPSA) is 51.1 Å². The lowest BCUT2D eigenvalue weighted by Gasteiger charge is -2.31. The Morgan fingerprint density at radius 2 is 1.76 bits per heavy atom. The van der Waals surface area contributed by atoms with Crippen LogP contribution in [0.3, 0.4) is 0 Å². The van der Waals surface area contributed by atoms with Crippen LogP contribution in [0.15, 0.2) is 47.6 Å². The SMILES string of the molecule is O=CC(Oc1ccc2c(c1)CCCC2=NOCc1ccc(C(F)(F)F)cc1)N1CCCCC1. The van der Waals surface area contributed by atoms with Crippen LogP contribution in [0.2, 0.25) is 0 Å². The van der Waals surface area contributed by atoms with Crippen molar-refractivity contribution in [1.29, 1.82) is 0 Å². The molecule has 1 aliphatic carbocycles. The molecule has 33 heavy (non-hydrogen) atoms. The molecule has 0 amide bonds. The normalized spacial score (nSPS) is 19.1. The summed E-state index contributed by atoms with van der Waals surface area (Å²) in [5.41, 5.74) is 2.79. The van der Waals surface area contributed by atoms with Crippen LogP contribution < -0.4 is 4.74 Å². The first-order chi connectivity index (χ1) is 15.9. The maximum Gasteiger partial charge on any atom is 0.416 e. The van der Waals surface area contributed by atoms with Crippen LogP contribution in [0.1, 0.15) is 54.4 Å². The van der Waals surface area contributed by atoms with Gasteiger partial charge in [0.2, 0.25) is 6.23 Å². The molecule has 0 spiro atoms. The molecule has 5 nitrogen and oxygen atoms in total. The van der Waals surface area contributed by atoms with Crippen LogP contribution in [-0.2, 0) is 28.8 Å². The number of hydrogen-bond acceptors (Lipinski definition) is 5. The van der Waals surface area contributed by atoms with Gasteiger partial charge in [-0.05, 0) is 73.6 Å². The van der Waals surface area contributed by atoms with E-state index in [9.17, 15) is 18.0 Å². The van der Waals surface area contributed by atoms with Crippen LogP contribution in [0.25, 0.3) is 0 Å². The molecule has 1 fully saturated rings. The second-order valence-corrected chi connectivity index (χ2v) is 8.42. The van der Waals surface area contributed by atoms with Gasteiger partial charge in [0.05, 0.1) is 11.3 Å². The molecule has 2 aliphatic rings. The van der Waals surface area contributed by atoms with Crippen molar-refractivity contribution in [2.45, 2.75) is 57.5 Å². The predicted molar refractivity (Wildman–Crippen MR) is 118 cm³/mol. The number of aryl methyl sites for hydroxylation is 1. The number of oxime groups is 1. The molecule has 1 atom stereocenters. The van der Waals surface area contributed by atoms with Gasteiger partial charge < -0.3 is 9.57 Å². The molecule has 0 radical (unpaired) electrons. The van der Waals surface area contributed by atoms with Crippen molar-refractivity contribution in [3.05, 3.63) is 64.7 Å². The summed E-state index contributed by atoms with van der Waals surface area (Å²) in [4.78, 5) is 19.1. The van der Waals surface area contributed by atoms with Gasteiger partial charge in [0.25, 0.3) is 0 Å². The first-order valence-electron chi connectivity index (χ1n) is 11.3. The highest BCUT2D eigenvalue weighted by molar-refractivity contribution is 6.02. The number of likely N-dealkylation sites (tertiary alicyclic amines) is 1. The van der Waals surface area contributed by atoms with E-state index in [0.717, 1.165) is 80.5 Å². The summed E-state index contributed by atoms with van der Waals surface area (Å²) in [6.45, 7) is 1.82. The number of rotatable bonds is 7. The zero-order chi connectivity index (χ0) is 23.3. The van der Waals surface area contributed by atoms with Crippen molar-refractivity contribution < 1.29 is 27.5 Å². The Morgan fingerprint density at radius 3 is 2.45 bits per heavy atom. The molecule has 2 aromatic rings. The number of nitrogens with zero attached hydrogens (tertiary/aromatic N) is 2. The van der Waals surface area contributed by atoms with Gasteiger partial charge in [-0.25, -0.2) is 0 Å². The molecule has 1 heterocycles. The molecule has 1 unspecified atom stereocenters. The van der Waals surface area contributed by atoms with Crippen LogP contribution in [-0.4, -0.2) is 36.2 Å². The highest BCUT2D eigenvalue weighted by Crippen LogP contribution is 2.30. The number of piperidine rings is 1. The van der Waals surface area contributed by atoms with Crippen molar-refractivity contribution >= 4 is 12.0 Å². The number of fused-ring (bicyclic) bond motifs is 1. The summed E-state index contributed by atoms with van der Waals surface area (Å²) in [5.74, 6) is 0.656. The molecule has 0 N–H and O–H groups in total. The molecule has 4 rings (SSSR count). The lowest BCUT2D eigenvalue weighted by Crippen LogP contribution is -2.43. The van der Waals surface area contributed by atoms with E-state index in [-0.39, 0.29) is 6.61 Å². The summed E-state index contributed by atoms with van der Waals surface area (Å²) in [6.07, 6.45) is 1.79. The quantitative estimate of drug-likeness (QED) is 0.413. The number of carbonyl (C=O) groups excluding carboxylic acids is 1. The Kier molecular flexibility index (Phi) is 7.33. The Morgan fingerprint density at radius 1 is 1.00 bits per heavy atom. The third-order valence-electron chi connectivity index (χ3n) is 6.06. The largest absolute Gasteiger partial charge is 0.468 e. The van der Waals surface area contributed by atoms with Crippen molar-refractivity contribution in [2.75, 3.05) is 13.1 Å². The number of ether oxygens (including phenoxy) is 1. The standard InChI is InChI=1S/C25H27F3N2O3/c26-25(27,28)20-9-7-18(8-10-20)17-32-29-23-6-4-5-19-15-21(11-12-22(19)23)33-24(16-31)30-13-2-1-3-14-30/h7-12,15-16,24H,1-6,13-14,17H2. The van der Waals surface area contributed by atoms with Gasteiger partial charge in [-0.3, -0.25) is 9.69 Å². The minimum atomic E-state index is -4.35. The Balaban J connectivity index is 1.40. The number of carbonyl (C=O) groups is 1. The fourth-order valence-electron chi connectivity index (χ4n) is 4.28. The third kappa shape index (κ3) is 5.93. The minimum Gasteiger partial charge on any atom is -0.468 e. The summed E-state index contributed by atoms with van der Waals surface area (Å²) in [5, 5.41) is 4.26. The molecule has 2 aromatic carbocycles. The van der Waals surface area contributed by atoms with Crippen molar-refractivity contribution in [1.82, 2.24) is 4.90 Å². The summed E-state index contributed by atoms with van der Waals surface area (Å²) in [6, 6.07) is 10.6. The van der Waals surface area contributed by atoms with Gasteiger partial charge in [0.15, 0.2) is 6.29 Å². The maximum absolute atomic E-state index is 12.7. The lowest BCUT2D eigenvalue weighted by molar-refractivity contribution is -0.137. The first kappa shape index (κ1) is 23.3. The Labute approximate surface area is 191 Å². The van der Waals surface area contributed by atoms with Crippen LogP contribution in [0, 0.1) is 0 Å². The molecule has 1 saturated heterocycles. The number of aldehydes is 1. The van der Waals surface area contributed by atoms with Gasteiger partial charge in [0.1, 0.15) is 12.4 Å². The average Bonchev–Trinajstić information content (AvgIpc) is 2.83. The zero-order valence-corrected chi connectivity index (χ0v) is 18.3. The van der Waals surface area contributed by atoms with E-state index < -0.39 is 18.0 Å². The van der Waals surface area contributed by atoms with Gasteiger partial charge in [-0.1, -0.05) is 23.7 Å². The summed E-state index contributed by atoms with van der Waals surface area (Å²) >= 11 is 0. The van der Waals surface area contributed by atoms with E-state index in [0.29, 0.717) is 11.3 Å². The molecule has 176 valence electrons. The molecule has 8 heteroatoms. The fourth-order valence-corrected chi connectivity index (χ4v) is 4.28. The second-order valence-electron chi connectivity index (χ2n) is 8.42. The highest BCUT2D eigenvalue weighted by atomic mass is 19.4. The van der Waals surface area contributed by atoms with Crippen LogP contribution in [0.5, 0.6) is 5.75 Å². The number of hydrogen-bond donors (Lipinski definition) is 0. The van der Waals surface area contributed by atoms with E-state index >= 15 is 0 Å². The summed E-state index contributed by atoms with van der Waals surface area (Å²) < 4.78 is 44.0.